The van der Waals surface area contributed by atoms with Crippen LogP contribution in [0, 0.1) is 5.92 Å². The molecule has 3 aromatic rings. The first-order valence-corrected chi connectivity index (χ1v) is 15.4. The quantitative estimate of drug-likeness (QED) is 0.193. The summed E-state index contributed by atoms with van der Waals surface area (Å²) in [6.07, 6.45) is 1.87. The second kappa shape index (κ2) is 12.9. The van der Waals surface area contributed by atoms with Crippen LogP contribution in [0.4, 0.5) is 0 Å². The number of nitrogens with zero attached hydrogens (tertiary/aromatic N) is 3. The molecule has 2 aromatic carbocycles. The lowest BCUT2D eigenvalue weighted by Crippen LogP contribution is -2.35. The van der Waals surface area contributed by atoms with Crippen molar-refractivity contribution in [1.82, 2.24) is 14.8 Å². The zero-order valence-corrected chi connectivity index (χ0v) is 25.9. The maximum absolute atomic E-state index is 12.3. The summed E-state index contributed by atoms with van der Waals surface area (Å²) < 4.78 is 21.9. The Hall–Kier alpha value is -2.25. The van der Waals surface area contributed by atoms with Gasteiger partial charge in [-0.2, -0.15) is 0 Å². The van der Waals surface area contributed by atoms with E-state index in [4.69, 9.17) is 74.7 Å². The van der Waals surface area contributed by atoms with Gasteiger partial charge in [0.05, 0.1) is 20.6 Å². The smallest absolute Gasteiger partial charge is 0.375 e. The van der Waals surface area contributed by atoms with Gasteiger partial charge in [0, 0.05) is 29.7 Å². The largest absolute Gasteiger partial charge is 0.475 e. The SMILES string of the molecule is CS(=O)(=O)c1ccc(C(=O)C2C(=O)CCCC2=O)c(Cl)c1.O=C(O)c1nc(C(Cl)(Cl)Cl)n(-c2ccc(Cl)cc2Cl)n1. The van der Waals surface area contributed by atoms with E-state index in [1.54, 1.807) is 0 Å². The molecule has 1 fully saturated rings. The van der Waals surface area contributed by atoms with Crippen molar-refractivity contribution in [3.05, 3.63) is 68.7 Å². The van der Waals surface area contributed by atoms with Gasteiger partial charge >= 0.3 is 5.97 Å². The number of aromatic nitrogens is 3. The third-order valence-electron chi connectivity index (χ3n) is 5.58. The molecule has 10 nitrogen and oxygen atoms in total. The van der Waals surface area contributed by atoms with Gasteiger partial charge in [-0.05, 0) is 42.8 Å². The van der Waals surface area contributed by atoms with Crippen LogP contribution >= 0.6 is 69.6 Å². The molecular formula is C24H17Cl6N3O7S. The normalized spacial score (nSPS) is 14.4. The number of sulfone groups is 1. The van der Waals surface area contributed by atoms with Crippen LogP contribution in [0.25, 0.3) is 5.69 Å². The summed E-state index contributed by atoms with van der Waals surface area (Å²) in [6.45, 7) is 0. The number of carbonyl (C=O) groups excluding carboxylic acids is 3. The van der Waals surface area contributed by atoms with E-state index in [-0.39, 0.29) is 44.9 Å². The Kier molecular flexibility index (Phi) is 10.5. The Morgan fingerprint density at radius 1 is 0.976 bits per heavy atom. The van der Waals surface area contributed by atoms with Crippen molar-refractivity contribution in [3.8, 4) is 5.69 Å². The zero-order chi connectivity index (χ0) is 30.9. The highest BCUT2D eigenvalue weighted by atomic mass is 35.6. The second-order valence-corrected chi connectivity index (χ2v) is 14.1. The van der Waals surface area contributed by atoms with Crippen molar-refractivity contribution in [3.63, 3.8) is 0 Å². The zero-order valence-electron chi connectivity index (χ0n) is 20.6. The molecular weight excluding hydrogens is 687 g/mol. The number of carboxylic acid groups (broad SMARTS) is 1. The van der Waals surface area contributed by atoms with Crippen molar-refractivity contribution >= 4 is 103 Å². The van der Waals surface area contributed by atoms with Crippen molar-refractivity contribution in [2.24, 2.45) is 5.92 Å². The Morgan fingerprint density at radius 2 is 1.59 bits per heavy atom. The summed E-state index contributed by atoms with van der Waals surface area (Å²) in [5, 5.41) is 13.2. The molecule has 0 aliphatic heterocycles. The van der Waals surface area contributed by atoms with Gasteiger partial charge in [0.25, 0.3) is 5.82 Å². The second-order valence-electron chi connectivity index (χ2n) is 8.57. The molecule has 1 saturated carbocycles. The van der Waals surface area contributed by atoms with E-state index in [0.717, 1.165) is 17.0 Å². The highest BCUT2D eigenvalue weighted by Crippen LogP contribution is 2.39. The lowest BCUT2D eigenvalue weighted by molar-refractivity contribution is -0.133. The summed E-state index contributed by atoms with van der Waals surface area (Å²) in [5.74, 6) is -4.83. The maximum Gasteiger partial charge on any atom is 0.375 e. The first kappa shape index (κ1) is 33.3. The number of aromatic carboxylic acids is 1. The monoisotopic (exact) mass is 701 g/mol. The van der Waals surface area contributed by atoms with Gasteiger partial charge in [-0.1, -0.05) is 69.6 Å². The molecule has 0 amide bonds. The van der Waals surface area contributed by atoms with Crippen molar-refractivity contribution in [1.29, 1.82) is 0 Å². The molecule has 0 saturated heterocycles. The van der Waals surface area contributed by atoms with Crippen LogP contribution in [-0.2, 0) is 23.2 Å². The number of hydrogen-bond acceptors (Lipinski definition) is 8. The van der Waals surface area contributed by atoms with Crippen LogP contribution in [0.15, 0.2) is 41.3 Å². The lowest BCUT2D eigenvalue weighted by Gasteiger charge is -2.18. The van der Waals surface area contributed by atoms with Gasteiger partial charge < -0.3 is 5.11 Å². The number of Topliss-reactive ketones (excluding diaryl/α,β-unsaturated/α-hetero) is 3. The highest BCUT2D eigenvalue weighted by molar-refractivity contribution is 7.90. The van der Waals surface area contributed by atoms with Crippen molar-refractivity contribution in [2.45, 2.75) is 28.0 Å². The van der Waals surface area contributed by atoms with Crippen LogP contribution in [-0.4, -0.2) is 57.9 Å². The highest BCUT2D eigenvalue weighted by Gasteiger charge is 2.37. The van der Waals surface area contributed by atoms with Crippen LogP contribution in [0.1, 0.15) is 46.1 Å². The fourth-order valence-electron chi connectivity index (χ4n) is 3.69. The van der Waals surface area contributed by atoms with E-state index in [1.165, 1.54) is 30.3 Å². The summed E-state index contributed by atoms with van der Waals surface area (Å²) in [5.41, 5.74) is 0.287. The predicted molar refractivity (Wildman–Crippen MR) is 154 cm³/mol. The number of carboxylic acids is 1. The average molecular weight is 704 g/mol. The first-order chi connectivity index (χ1) is 18.9. The third kappa shape index (κ3) is 7.98. The standard InChI is InChI=1S/C14H13ClO5S.C10H4Cl5N3O2/c1-21(19,20)8-5-6-9(10(15)7-8)14(18)13-11(16)3-2-4-12(13)17;11-4-1-2-6(5(12)3-4)18-9(10(13,14)15)16-7(17-18)8(19)20/h5-7,13H,2-4H2,1H3;1-3H,(H,19,20). The number of carbonyl (C=O) groups is 4. The third-order valence-corrected chi connectivity index (χ3v) is 8.04. The number of alkyl halides is 3. The fourth-order valence-corrected chi connectivity index (χ4v) is 5.53. The minimum atomic E-state index is -3.44. The average Bonchev–Trinajstić information content (AvgIpc) is 3.30. The molecule has 0 radical (unpaired) electrons. The van der Waals surface area contributed by atoms with Crippen molar-refractivity contribution in [2.75, 3.05) is 6.26 Å². The molecule has 1 N–H and O–H groups in total. The fraction of sp³-hybridized carbons (Fsp3) is 0.250. The first-order valence-electron chi connectivity index (χ1n) is 11.2. The molecule has 218 valence electrons. The van der Waals surface area contributed by atoms with E-state index in [0.29, 0.717) is 11.4 Å². The molecule has 1 aromatic heterocycles. The molecule has 1 heterocycles. The summed E-state index contributed by atoms with van der Waals surface area (Å²) in [6, 6.07) is 8.13. The van der Waals surface area contributed by atoms with E-state index in [9.17, 15) is 27.6 Å². The lowest BCUT2D eigenvalue weighted by atomic mass is 9.82. The van der Waals surface area contributed by atoms with Gasteiger partial charge in [-0.15, -0.1) is 5.10 Å². The molecule has 41 heavy (non-hydrogen) atoms. The molecule has 0 bridgehead atoms. The molecule has 0 atom stereocenters. The summed E-state index contributed by atoms with van der Waals surface area (Å²) >= 11 is 35.0. The number of ketones is 3. The Morgan fingerprint density at radius 3 is 2.07 bits per heavy atom. The molecule has 4 rings (SSSR count). The molecule has 17 heteroatoms. The van der Waals surface area contributed by atoms with Gasteiger partial charge in [0.1, 0.15) is 5.92 Å². The number of rotatable bonds is 5. The Balaban J connectivity index is 0.000000226. The van der Waals surface area contributed by atoms with Gasteiger partial charge in [0.15, 0.2) is 33.0 Å². The van der Waals surface area contributed by atoms with E-state index in [1.807, 2.05) is 0 Å². The van der Waals surface area contributed by atoms with E-state index >= 15 is 0 Å². The van der Waals surface area contributed by atoms with Crippen LogP contribution < -0.4 is 0 Å². The van der Waals surface area contributed by atoms with E-state index < -0.39 is 48.7 Å². The number of halogens is 6. The minimum Gasteiger partial charge on any atom is -0.475 e. The molecule has 1 aliphatic rings. The summed E-state index contributed by atoms with van der Waals surface area (Å²) in [4.78, 5) is 50.5. The van der Waals surface area contributed by atoms with Crippen LogP contribution in [0.2, 0.25) is 15.1 Å². The van der Waals surface area contributed by atoms with Crippen molar-refractivity contribution < 1.29 is 32.7 Å². The summed E-state index contributed by atoms with van der Waals surface area (Å²) in [7, 11) is -3.44. The van der Waals surface area contributed by atoms with Gasteiger partial charge in [-0.3, -0.25) is 14.4 Å². The number of benzene rings is 2. The van der Waals surface area contributed by atoms with Crippen LogP contribution in [0.5, 0.6) is 0 Å². The van der Waals surface area contributed by atoms with Crippen LogP contribution in [0.3, 0.4) is 0 Å². The Bertz CT molecular complexity index is 1650. The predicted octanol–water partition coefficient (Wildman–Crippen LogP) is 5.96. The maximum atomic E-state index is 12.3. The number of hydrogen-bond donors (Lipinski definition) is 1. The molecule has 0 spiro atoms. The Labute approximate surface area is 263 Å². The minimum absolute atomic E-state index is 0.00216. The topological polar surface area (TPSA) is 153 Å². The van der Waals surface area contributed by atoms with Gasteiger partial charge in [0.2, 0.25) is 3.79 Å². The molecule has 0 unspecified atom stereocenters. The van der Waals surface area contributed by atoms with E-state index in [2.05, 4.69) is 10.1 Å². The van der Waals surface area contributed by atoms with Gasteiger partial charge in [-0.25, -0.2) is 22.9 Å². The molecule has 1 aliphatic carbocycles.